The maximum absolute atomic E-state index is 13.0. The van der Waals surface area contributed by atoms with Crippen LogP contribution < -0.4 is 10.6 Å². The van der Waals surface area contributed by atoms with Crippen molar-refractivity contribution in [3.8, 4) is 17.6 Å². The second-order valence-electron chi connectivity index (χ2n) is 16.9. The number of unbranched alkanes of at least 4 members (excludes halogenated alkanes) is 2. The molecule has 0 aromatic heterocycles. The monoisotopic (exact) mass is 803 g/mol. The van der Waals surface area contributed by atoms with Gasteiger partial charge in [-0.2, -0.15) is 0 Å². The number of aromatic hydroxyl groups is 1. The summed E-state index contributed by atoms with van der Waals surface area (Å²) in [5, 5.41) is 72.6. The number of phenols is 1. The van der Waals surface area contributed by atoms with Gasteiger partial charge in [0.05, 0.1) is 24.4 Å². The summed E-state index contributed by atoms with van der Waals surface area (Å²) in [5.74, 6) is 6.31. The molecule has 2 aromatic carbocycles. The molecular weight excluding hydrogens is 729 g/mol. The summed E-state index contributed by atoms with van der Waals surface area (Å²) in [6.07, 6.45) is 11.9. The van der Waals surface area contributed by atoms with E-state index in [4.69, 9.17) is 0 Å². The van der Waals surface area contributed by atoms with Crippen LogP contribution in [-0.4, -0.2) is 85.7 Å². The molecule has 9 nitrogen and oxygen atoms in total. The molecule has 7 atom stereocenters. The van der Waals surface area contributed by atoms with Gasteiger partial charge in [0.1, 0.15) is 5.75 Å². The molecule has 0 radical (unpaired) electrons. The van der Waals surface area contributed by atoms with Crippen molar-refractivity contribution in [1.82, 2.24) is 10.6 Å². The molecule has 0 saturated carbocycles. The molecule has 1 heterocycles. The van der Waals surface area contributed by atoms with E-state index in [9.17, 15) is 35.4 Å². The third-order valence-electron chi connectivity index (χ3n) is 11.7. The van der Waals surface area contributed by atoms with Crippen LogP contribution in [0.1, 0.15) is 147 Å². The lowest BCUT2D eigenvalue weighted by atomic mass is 9.73. The van der Waals surface area contributed by atoms with Crippen molar-refractivity contribution in [3.05, 3.63) is 88.5 Å². The minimum Gasteiger partial charge on any atom is -0.508 e. The van der Waals surface area contributed by atoms with Crippen molar-refractivity contribution < 1.29 is 35.4 Å². The lowest BCUT2D eigenvalue weighted by molar-refractivity contribution is -0.137. The second-order valence-corrected chi connectivity index (χ2v) is 16.9. The summed E-state index contributed by atoms with van der Waals surface area (Å²) >= 11 is 0. The molecule has 0 amide bonds. The number of nitrogens with one attached hydrogen (secondary N) is 2. The van der Waals surface area contributed by atoms with Gasteiger partial charge in [0, 0.05) is 42.4 Å². The first kappa shape index (κ1) is 48.9. The molecule has 322 valence electrons. The summed E-state index contributed by atoms with van der Waals surface area (Å²) in [6, 6.07) is 14.3. The molecule has 9 heteroatoms. The van der Waals surface area contributed by atoms with Gasteiger partial charge in [-0.3, -0.25) is 4.79 Å². The van der Waals surface area contributed by atoms with Gasteiger partial charge < -0.3 is 41.3 Å². The van der Waals surface area contributed by atoms with Gasteiger partial charge in [0.25, 0.3) is 0 Å². The van der Waals surface area contributed by atoms with Crippen molar-refractivity contribution in [2.45, 2.75) is 173 Å². The third kappa shape index (κ3) is 16.6. The number of aryl methyl sites for hydroxylation is 1. The van der Waals surface area contributed by atoms with Gasteiger partial charge in [-0.05, 0) is 111 Å². The normalized spacial score (nSPS) is 19.6. The van der Waals surface area contributed by atoms with Gasteiger partial charge >= 0.3 is 5.97 Å². The van der Waals surface area contributed by atoms with E-state index in [0.29, 0.717) is 50.9 Å². The fraction of sp³-hybridized carbons (Fsp3) is 0.612. The molecule has 2 aromatic rings. The first-order valence-corrected chi connectivity index (χ1v) is 21.9. The molecule has 0 spiro atoms. The number of aliphatic carboxylic acids is 1. The Balaban J connectivity index is 2.26. The molecule has 1 aliphatic heterocycles. The molecule has 58 heavy (non-hydrogen) atoms. The maximum Gasteiger partial charge on any atom is 0.303 e. The van der Waals surface area contributed by atoms with Crippen molar-refractivity contribution in [3.63, 3.8) is 0 Å². The van der Waals surface area contributed by atoms with Crippen molar-refractivity contribution in [1.29, 1.82) is 0 Å². The fourth-order valence-corrected chi connectivity index (χ4v) is 8.26. The summed E-state index contributed by atoms with van der Waals surface area (Å²) in [5.41, 5.74) is 3.48. The first-order valence-electron chi connectivity index (χ1n) is 21.9. The Hall–Kier alpha value is -3.49. The average Bonchev–Trinajstić information content (AvgIpc) is 3.18. The first-order chi connectivity index (χ1) is 27.8. The Labute approximate surface area is 349 Å². The van der Waals surface area contributed by atoms with E-state index >= 15 is 0 Å². The zero-order chi connectivity index (χ0) is 42.5. The summed E-state index contributed by atoms with van der Waals surface area (Å²) in [7, 11) is 0. The zero-order valence-corrected chi connectivity index (χ0v) is 35.9. The van der Waals surface area contributed by atoms with Crippen LogP contribution in [0.15, 0.2) is 71.8 Å². The van der Waals surface area contributed by atoms with E-state index in [-0.39, 0.29) is 36.6 Å². The highest BCUT2D eigenvalue weighted by atomic mass is 16.4. The number of carboxylic acid groups (broad SMARTS) is 1. The van der Waals surface area contributed by atoms with E-state index in [1.165, 1.54) is 0 Å². The van der Waals surface area contributed by atoms with Gasteiger partial charge in [0.15, 0.2) is 0 Å². The highest BCUT2D eigenvalue weighted by Crippen LogP contribution is 2.39. The highest BCUT2D eigenvalue weighted by Gasteiger charge is 2.41. The van der Waals surface area contributed by atoms with Crippen LogP contribution in [-0.2, 0) is 11.2 Å². The number of hydrogen-bond donors (Lipinski definition) is 8. The molecule has 0 fully saturated rings. The van der Waals surface area contributed by atoms with Crippen molar-refractivity contribution in [2.75, 3.05) is 13.2 Å². The molecule has 7 unspecified atom stereocenters. The van der Waals surface area contributed by atoms with Gasteiger partial charge in [-0.25, -0.2) is 0 Å². The van der Waals surface area contributed by atoms with Crippen LogP contribution in [0.4, 0.5) is 0 Å². The second kappa shape index (κ2) is 25.9. The predicted molar refractivity (Wildman–Crippen MR) is 235 cm³/mol. The van der Waals surface area contributed by atoms with Crippen molar-refractivity contribution in [2.24, 2.45) is 5.92 Å². The van der Waals surface area contributed by atoms with Crippen LogP contribution in [0, 0.1) is 17.8 Å². The number of fused-ring (bicyclic) bond motifs is 1. The van der Waals surface area contributed by atoms with Gasteiger partial charge in [-0.15, -0.1) is 0 Å². The number of aliphatic hydroxyl groups is 4. The lowest BCUT2D eigenvalue weighted by Gasteiger charge is -2.42. The summed E-state index contributed by atoms with van der Waals surface area (Å²) in [6.45, 7) is 10.7. The Bertz CT molecular complexity index is 1620. The fourth-order valence-electron chi connectivity index (χ4n) is 8.26. The molecule has 0 bridgehead atoms. The number of hydrogen-bond acceptors (Lipinski definition) is 8. The summed E-state index contributed by atoms with van der Waals surface area (Å²) < 4.78 is 0. The average molecular weight is 803 g/mol. The van der Waals surface area contributed by atoms with Crippen LogP contribution in [0.25, 0.3) is 0 Å². The van der Waals surface area contributed by atoms with Crippen LogP contribution in [0.3, 0.4) is 0 Å². The smallest absolute Gasteiger partial charge is 0.303 e. The Morgan fingerprint density at radius 1 is 0.983 bits per heavy atom. The largest absolute Gasteiger partial charge is 0.508 e. The molecule has 3 rings (SSSR count). The maximum atomic E-state index is 13.0. The van der Waals surface area contributed by atoms with E-state index < -0.39 is 36.4 Å². The topological polar surface area (TPSA) is 163 Å². The number of phenolic OH excluding ortho intramolecular Hbond substituents is 1. The zero-order valence-electron chi connectivity index (χ0n) is 35.9. The van der Waals surface area contributed by atoms with Crippen LogP contribution in [0.2, 0.25) is 0 Å². The number of aliphatic hydroxyl groups excluding tert-OH is 3. The molecule has 0 aliphatic carbocycles. The Morgan fingerprint density at radius 3 is 2.40 bits per heavy atom. The number of rotatable bonds is 24. The standard InChI is InChI=1S/C49H74N2O7/c1-6-8-9-18-41(53)28-24-38-23-22-37-15-11-10-14-36(37)16-12-20-47(49(5,58)45(31-21-35(3)4)39-25-29-42(54)30-26-39)51-46(44(38)33-43(55)34-52)19-13-17-40(50-7-2)27-32-48(56)57/h10-11,14-15,24-26,28-30,35,40-41,43,45-47,50-55,58H,6-9,13,17-23,27,31-34H2,1-5H3,(H,56,57). The quantitative estimate of drug-likeness (QED) is 0.0389. The highest BCUT2D eigenvalue weighted by molar-refractivity contribution is 5.66. The number of allylic oxidation sites excluding steroid dienone is 2. The van der Waals surface area contributed by atoms with Crippen molar-refractivity contribution >= 4 is 5.97 Å². The molecular formula is C49H74N2O7. The molecule has 8 N–H and O–H groups in total. The van der Waals surface area contributed by atoms with Crippen LogP contribution >= 0.6 is 0 Å². The number of carboxylic acids is 1. The lowest BCUT2D eigenvalue weighted by Crippen LogP contribution is -2.56. The summed E-state index contributed by atoms with van der Waals surface area (Å²) in [4.78, 5) is 11.5. The minimum absolute atomic E-state index is 0.0108. The van der Waals surface area contributed by atoms with E-state index in [0.717, 1.165) is 72.9 Å². The number of benzene rings is 2. The molecule has 1 aliphatic rings. The number of carbonyl (C=O) groups is 1. The van der Waals surface area contributed by atoms with E-state index in [1.54, 1.807) is 12.1 Å². The minimum atomic E-state index is -1.33. The van der Waals surface area contributed by atoms with Crippen LogP contribution in [0.5, 0.6) is 5.75 Å². The van der Waals surface area contributed by atoms with E-state index in [1.807, 2.05) is 56.3 Å². The predicted octanol–water partition coefficient (Wildman–Crippen LogP) is 7.93. The van der Waals surface area contributed by atoms with E-state index in [2.05, 4.69) is 49.3 Å². The Morgan fingerprint density at radius 2 is 1.72 bits per heavy atom. The molecule has 0 saturated heterocycles. The van der Waals surface area contributed by atoms with Gasteiger partial charge in [-0.1, -0.05) is 114 Å². The van der Waals surface area contributed by atoms with Gasteiger partial charge in [0.2, 0.25) is 0 Å². The SMILES string of the molecule is CCCCCC(O)C=CC1=C(CC(O)CO)C(CCCC(CCC(=O)O)NCC)NC(C(C)(O)C(CCC(C)C)c2ccc(O)cc2)CC#Cc2ccccc2CC1. The Kier molecular flexibility index (Phi) is 21.8. The third-order valence-corrected chi connectivity index (χ3v) is 11.7.